The first-order chi connectivity index (χ1) is 9.05. The molecule has 0 aliphatic carbocycles. The van der Waals surface area contributed by atoms with Crippen molar-refractivity contribution in [2.24, 2.45) is 0 Å². The Morgan fingerprint density at radius 1 is 1.11 bits per heavy atom. The molecular formula is C12H17Cl3NOPS. The monoisotopic (exact) mass is 359 g/mol. The molecule has 0 radical (unpaired) electrons. The number of halogens is 3. The van der Waals surface area contributed by atoms with Crippen LogP contribution in [0.2, 0.25) is 0 Å². The van der Waals surface area contributed by atoms with Gasteiger partial charge in [0.25, 0.3) is 0 Å². The van der Waals surface area contributed by atoms with Crippen molar-refractivity contribution >= 4 is 52.7 Å². The van der Waals surface area contributed by atoms with Crippen LogP contribution in [0.25, 0.3) is 0 Å². The Hall–Kier alpha value is 0.630. The smallest absolute Gasteiger partial charge is 0.222 e. The average Bonchev–Trinajstić information content (AvgIpc) is 2.41. The van der Waals surface area contributed by atoms with Crippen molar-refractivity contribution in [2.75, 3.05) is 30.5 Å². The van der Waals surface area contributed by atoms with Crippen molar-refractivity contribution in [1.82, 2.24) is 4.67 Å². The highest BCUT2D eigenvalue weighted by atomic mass is 35.5. The molecule has 7 heteroatoms. The number of benzene rings is 1. The minimum atomic E-state index is -2.73. The predicted molar refractivity (Wildman–Crippen MR) is 88.4 cm³/mol. The van der Waals surface area contributed by atoms with Gasteiger partial charge in [-0.1, -0.05) is 17.7 Å². The molecule has 1 atom stereocenters. The maximum Gasteiger partial charge on any atom is 0.222 e. The molecule has 1 unspecified atom stereocenters. The Labute approximate surface area is 134 Å². The Morgan fingerprint density at radius 3 is 2.05 bits per heavy atom. The summed E-state index contributed by atoms with van der Waals surface area (Å²) in [7, 11) is 0. The van der Waals surface area contributed by atoms with E-state index in [0.29, 0.717) is 24.8 Å². The van der Waals surface area contributed by atoms with Gasteiger partial charge in [-0.15, -0.1) is 34.8 Å². The van der Waals surface area contributed by atoms with E-state index in [1.807, 2.05) is 35.9 Å². The molecule has 0 aromatic heterocycles. The summed E-state index contributed by atoms with van der Waals surface area (Å²) in [6.07, 6.45) is 0. The van der Waals surface area contributed by atoms with Crippen LogP contribution < -0.4 is 0 Å². The molecule has 0 amide bonds. The standard InChI is InChI=1S/C12H17Cl3NOPS/c1-11-2-4-12(5-3-11)19-18(17,10-15)16(8-6-13)9-7-14/h2-5H,6-10H2,1H3. The number of nitrogens with zero attached hydrogens (tertiary/aromatic N) is 1. The molecule has 0 fully saturated rings. The fraction of sp³-hybridized carbons (Fsp3) is 0.500. The van der Waals surface area contributed by atoms with Gasteiger partial charge in [0, 0.05) is 29.7 Å². The van der Waals surface area contributed by atoms with E-state index in [0.717, 1.165) is 4.90 Å². The van der Waals surface area contributed by atoms with Gasteiger partial charge in [0.15, 0.2) is 0 Å². The van der Waals surface area contributed by atoms with Crippen molar-refractivity contribution in [3.05, 3.63) is 29.8 Å². The largest absolute Gasteiger partial charge is 0.293 e. The van der Waals surface area contributed by atoms with E-state index >= 15 is 0 Å². The van der Waals surface area contributed by atoms with Crippen molar-refractivity contribution in [2.45, 2.75) is 11.8 Å². The fourth-order valence-corrected chi connectivity index (χ4v) is 7.12. The highest BCUT2D eigenvalue weighted by molar-refractivity contribution is 8.57. The maximum atomic E-state index is 13.0. The molecular weight excluding hydrogens is 344 g/mol. The molecule has 108 valence electrons. The lowest BCUT2D eigenvalue weighted by Crippen LogP contribution is -2.24. The van der Waals surface area contributed by atoms with Gasteiger partial charge < -0.3 is 0 Å². The summed E-state index contributed by atoms with van der Waals surface area (Å²) in [5.74, 6) is 0.818. The highest BCUT2D eigenvalue weighted by Crippen LogP contribution is 2.64. The van der Waals surface area contributed by atoms with Crippen LogP contribution in [-0.4, -0.2) is 35.1 Å². The number of rotatable bonds is 8. The molecule has 2 nitrogen and oxygen atoms in total. The first-order valence-electron chi connectivity index (χ1n) is 5.84. The van der Waals surface area contributed by atoms with Crippen LogP contribution in [0.15, 0.2) is 29.2 Å². The van der Waals surface area contributed by atoms with E-state index < -0.39 is 6.49 Å². The molecule has 0 spiro atoms. The van der Waals surface area contributed by atoms with Gasteiger partial charge in [0.2, 0.25) is 6.49 Å². The van der Waals surface area contributed by atoms with Gasteiger partial charge in [0.1, 0.15) is 0 Å². The van der Waals surface area contributed by atoms with Gasteiger partial charge in [-0.3, -0.25) is 4.57 Å². The fourth-order valence-electron chi connectivity index (χ4n) is 1.53. The zero-order valence-corrected chi connectivity index (χ0v) is 14.7. The third-order valence-corrected chi connectivity index (χ3v) is 9.17. The summed E-state index contributed by atoms with van der Waals surface area (Å²) in [5.41, 5.74) is 1.25. The molecule has 19 heavy (non-hydrogen) atoms. The number of hydrogen-bond acceptors (Lipinski definition) is 2. The van der Waals surface area contributed by atoms with Crippen LogP contribution in [0.5, 0.6) is 0 Å². The van der Waals surface area contributed by atoms with Gasteiger partial charge in [-0.2, -0.15) is 0 Å². The number of alkyl halides is 3. The second-order valence-electron chi connectivity index (χ2n) is 3.99. The quantitative estimate of drug-likeness (QED) is 0.466. The zero-order valence-electron chi connectivity index (χ0n) is 10.7. The Morgan fingerprint density at radius 2 is 1.63 bits per heavy atom. The van der Waals surface area contributed by atoms with E-state index in [-0.39, 0.29) is 5.62 Å². The summed E-state index contributed by atoms with van der Waals surface area (Å²) < 4.78 is 14.8. The van der Waals surface area contributed by atoms with Crippen LogP contribution in [0.3, 0.4) is 0 Å². The first-order valence-corrected chi connectivity index (χ1v) is 10.7. The van der Waals surface area contributed by atoms with Gasteiger partial charge in [-0.25, -0.2) is 4.67 Å². The second-order valence-corrected chi connectivity index (χ2v) is 10.5. The van der Waals surface area contributed by atoms with Crippen LogP contribution in [0, 0.1) is 6.92 Å². The van der Waals surface area contributed by atoms with Crippen molar-refractivity contribution in [3.63, 3.8) is 0 Å². The van der Waals surface area contributed by atoms with Gasteiger partial charge in [0.05, 0.1) is 5.62 Å². The Balaban J connectivity index is 2.88. The molecule has 1 rings (SSSR count). The van der Waals surface area contributed by atoms with Crippen LogP contribution >= 0.6 is 52.7 Å². The van der Waals surface area contributed by atoms with E-state index in [9.17, 15) is 4.57 Å². The molecule has 0 saturated heterocycles. The van der Waals surface area contributed by atoms with E-state index in [2.05, 4.69) is 0 Å². The summed E-state index contributed by atoms with van der Waals surface area (Å²) >= 11 is 18.8. The van der Waals surface area contributed by atoms with E-state index in [4.69, 9.17) is 34.8 Å². The normalized spacial score (nSPS) is 14.6. The average molecular weight is 361 g/mol. The second kappa shape index (κ2) is 8.81. The van der Waals surface area contributed by atoms with Crippen molar-refractivity contribution < 1.29 is 4.57 Å². The van der Waals surface area contributed by atoms with Crippen LogP contribution in [-0.2, 0) is 4.57 Å². The van der Waals surface area contributed by atoms with Gasteiger partial charge in [-0.05, 0) is 30.4 Å². The topological polar surface area (TPSA) is 20.3 Å². The highest BCUT2D eigenvalue weighted by Gasteiger charge is 2.30. The molecule has 0 bridgehead atoms. The molecule has 0 N–H and O–H groups in total. The predicted octanol–water partition coefficient (Wildman–Crippen LogP) is 5.26. The SMILES string of the molecule is Cc1ccc(SP(=O)(CCl)N(CCCl)CCCl)cc1. The van der Waals surface area contributed by atoms with Crippen molar-refractivity contribution in [3.8, 4) is 0 Å². The molecule has 1 aromatic carbocycles. The third-order valence-electron chi connectivity index (χ3n) is 2.54. The lowest BCUT2D eigenvalue weighted by Gasteiger charge is -2.28. The lowest BCUT2D eigenvalue weighted by molar-refractivity contribution is 0.462. The van der Waals surface area contributed by atoms with Crippen LogP contribution in [0.1, 0.15) is 5.56 Å². The Bertz CT molecular complexity index is 423. The minimum absolute atomic E-state index is 0.0827. The van der Waals surface area contributed by atoms with Crippen LogP contribution in [0.4, 0.5) is 0 Å². The third kappa shape index (κ3) is 5.49. The minimum Gasteiger partial charge on any atom is -0.293 e. The first kappa shape index (κ1) is 17.7. The molecule has 0 aliphatic rings. The van der Waals surface area contributed by atoms with Crippen molar-refractivity contribution in [1.29, 1.82) is 0 Å². The Kier molecular flexibility index (Phi) is 8.20. The molecule has 0 aliphatic heterocycles. The van der Waals surface area contributed by atoms with Gasteiger partial charge >= 0.3 is 0 Å². The molecule has 0 saturated carbocycles. The summed E-state index contributed by atoms with van der Waals surface area (Å²) in [5, 5.41) is 0. The number of hydrogen-bond donors (Lipinski definition) is 0. The molecule has 1 aromatic rings. The molecule has 0 heterocycles. The summed E-state index contributed by atoms with van der Waals surface area (Å²) in [6.45, 7) is 0.333. The lowest BCUT2D eigenvalue weighted by atomic mass is 10.2. The summed E-state index contributed by atoms with van der Waals surface area (Å²) in [6, 6.07) is 7.90. The zero-order chi connectivity index (χ0) is 14.3. The summed E-state index contributed by atoms with van der Waals surface area (Å²) in [4.78, 5) is 0.948. The van der Waals surface area contributed by atoms with E-state index in [1.165, 1.54) is 16.9 Å². The number of aryl methyl sites for hydroxylation is 1. The maximum absolute atomic E-state index is 13.0. The van der Waals surface area contributed by atoms with E-state index in [1.54, 1.807) is 0 Å².